The molecule has 1 spiro atoms. The minimum Gasteiger partial charge on any atom is -0.472 e. The Morgan fingerprint density at radius 3 is 2.70 bits per heavy atom. The van der Waals surface area contributed by atoms with Gasteiger partial charge < -0.3 is 9.15 Å². The Morgan fingerprint density at radius 1 is 1.39 bits per heavy atom. The first-order chi connectivity index (χ1) is 10.9. The lowest BCUT2D eigenvalue weighted by Gasteiger charge is -2.42. The van der Waals surface area contributed by atoms with Crippen molar-refractivity contribution in [3.05, 3.63) is 24.2 Å². The highest BCUT2D eigenvalue weighted by atomic mass is 32.2. The van der Waals surface area contributed by atoms with Gasteiger partial charge in [-0.25, -0.2) is 12.7 Å². The van der Waals surface area contributed by atoms with Crippen LogP contribution in [0.4, 0.5) is 0 Å². The normalized spacial score (nSPS) is 26.1. The van der Waals surface area contributed by atoms with Crippen LogP contribution in [-0.4, -0.2) is 63.8 Å². The second kappa shape index (κ2) is 6.55. The van der Waals surface area contributed by atoms with Crippen LogP contribution in [0.3, 0.4) is 0 Å². The number of methoxy groups -OCH3 is 1. The number of furan rings is 1. The highest BCUT2D eigenvalue weighted by molar-refractivity contribution is 7.88. The molecular formula is C16H26N2O4S. The molecule has 2 saturated heterocycles. The molecule has 0 amide bonds. The van der Waals surface area contributed by atoms with Gasteiger partial charge in [0.05, 0.1) is 25.4 Å². The number of piperidine rings is 1. The van der Waals surface area contributed by atoms with Crippen LogP contribution in [0, 0.1) is 11.3 Å². The molecule has 1 aromatic heterocycles. The fraction of sp³-hybridized carbons (Fsp3) is 0.750. The number of rotatable bonds is 5. The van der Waals surface area contributed by atoms with Gasteiger partial charge in [0, 0.05) is 38.2 Å². The van der Waals surface area contributed by atoms with Gasteiger partial charge in [-0.3, -0.25) is 4.90 Å². The molecule has 0 bridgehead atoms. The van der Waals surface area contributed by atoms with Gasteiger partial charge in [0.1, 0.15) is 0 Å². The third kappa shape index (κ3) is 3.63. The van der Waals surface area contributed by atoms with Crippen molar-refractivity contribution in [1.29, 1.82) is 0 Å². The SMILES string of the molecule is COC[C@H]1CN(S(C)(=O)=O)CC12CCN(Cc1ccoc1)CC2. The summed E-state index contributed by atoms with van der Waals surface area (Å²) < 4.78 is 36.1. The summed E-state index contributed by atoms with van der Waals surface area (Å²) in [6.45, 7) is 4.74. The summed E-state index contributed by atoms with van der Waals surface area (Å²) in [6, 6.07) is 2.00. The maximum absolute atomic E-state index is 11.9. The van der Waals surface area contributed by atoms with Crippen LogP contribution in [-0.2, 0) is 21.3 Å². The quantitative estimate of drug-likeness (QED) is 0.809. The molecule has 1 atom stereocenters. The Morgan fingerprint density at radius 2 is 2.13 bits per heavy atom. The Balaban J connectivity index is 1.66. The minimum absolute atomic E-state index is 0.0615. The zero-order chi connectivity index (χ0) is 16.5. The van der Waals surface area contributed by atoms with Crippen LogP contribution >= 0.6 is 0 Å². The van der Waals surface area contributed by atoms with E-state index in [2.05, 4.69) is 4.90 Å². The topological polar surface area (TPSA) is 63.0 Å². The van der Waals surface area contributed by atoms with E-state index >= 15 is 0 Å². The highest BCUT2D eigenvalue weighted by Gasteiger charge is 2.49. The van der Waals surface area contributed by atoms with Crippen molar-refractivity contribution in [2.75, 3.05) is 46.2 Å². The lowest BCUT2D eigenvalue weighted by atomic mass is 9.71. The molecule has 2 fully saturated rings. The van der Waals surface area contributed by atoms with Crippen LogP contribution in [0.5, 0.6) is 0 Å². The number of hydrogen-bond donors (Lipinski definition) is 0. The zero-order valence-electron chi connectivity index (χ0n) is 13.9. The maximum atomic E-state index is 11.9. The van der Waals surface area contributed by atoms with E-state index in [1.165, 1.54) is 11.8 Å². The number of likely N-dealkylation sites (tertiary alicyclic amines) is 1. The maximum Gasteiger partial charge on any atom is 0.211 e. The number of nitrogens with zero attached hydrogens (tertiary/aromatic N) is 2. The second-order valence-electron chi connectivity index (χ2n) is 6.98. The summed E-state index contributed by atoms with van der Waals surface area (Å²) in [5.74, 6) is 0.290. The molecule has 1 aromatic rings. The molecule has 0 unspecified atom stereocenters. The molecule has 0 N–H and O–H groups in total. The van der Waals surface area contributed by atoms with Crippen LogP contribution in [0.25, 0.3) is 0 Å². The number of sulfonamides is 1. The van der Waals surface area contributed by atoms with Gasteiger partial charge in [-0.1, -0.05) is 0 Å². The predicted octanol–water partition coefficient (Wildman–Crippen LogP) is 1.40. The van der Waals surface area contributed by atoms with Gasteiger partial charge in [-0.05, 0) is 37.4 Å². The predicted molar refractivity (Wildman–Crippen MR) is 87.4 cm³/mol. The van der Waals surface area contributed by atoms with Crippen molar-refractivity contribution in [1.82, 2.24) is 9.21 Å². The Labute approximate surface area is 138 Å². The molecule has 2 aliphatic rings. The molecule has 7 heteroatoms. The average molecular weight is 342 g/mol. The van der Waals surface area contributed by atoms with Gasteiger partial charge in [0.15, 0.2) is 0 Å². The molecule has 0 aromatic carbocycles. The monoisotopic (exact) mass is 342 g/mol. The van der Waals surface area contributed by atoms with E-state index in [1.54, 1.807) is 23.9 Å². The average Bonchev–Trinajstić information content (AvgIpc) is 3.11. The fourth-order valence-electron chi connectivity index (χ4n) is 4.03. The summed E-state index contributed by atoms with van der Waals surface area (Å²) in [5.41, 5.74) is 1.25. The third-order valence-electron chi connectivity index (χ3n) is 5.46. The largest absolute Gasteiger partial charge is 0.472 e. The molecule has 2 aliphatic heterocycles. The Hall–Kier alpha value is -0.890. The van der Waals surface area contributed by atoms with Crippen molar-refractivity contribution in [2.24, 2.45) is 11.3 Å². The van der Waals surface area contributed by atoms with E-state index in [4.69, 9.17) is 9.15 Å². The van der Waals surface area contributed by atoms with Crippen molar-refractivity contribution < 1.29 is 17.6 Å². The van der Waals surface area contributed by atoms with E-state index in [0.717, 1.165) is 32.5 Å². The number of hydrogen-bond acceptors (Lipinski definition) is 5. The van der Waals surface area contributed by atoms with E-state index < -0.39 is 10.0 Å². The second-order valence-corrected chi connectivity index (χ2v) is 8.96. The van der Waals surface area contributed by atoms with Gasteiger partial charge >= 0.3 is 0 Å². The molecule has 130 valence electrons. The molecule has 0 radical (unpaired) electrons. The first kappa shape index (κ1) is 17.0. The molecule has 0 saturated carbocycles. The van der Waals surface area contributed by atoms with Crippen molar-refractivity contribution in [2.45, 2.75) is 19.4 Å². The van der Waals surface area contributed by atoms with Crippen LogP contribution < -0.4 is 0 Å². The summed E-state index contributed by atoms with van der Waals surface area (Å²) in [4.78, 5) is 2.42. The molecule has 23 heavy (non-hydrogen) atoms. The lowest BCUT2D eigenvalue weighted by molar-refractivity contribution is 0.0357. The van der Waals surface area contributed by atoms with E-state index in [-0.39, 0.29) is 5.41 Å². The fourth-order valence-corrected chi connectivity index (χ4v) is 4.97. The Bertz CT molecular complexity index is 606. The van der Waals surface area contributed by atoms with Gasteiger partial charge in [0.25, 0.3) is 0 Å². The third-order valence-corrected chi connectivity index (χ3v) is 6.67. The van der Waals surface area contributed by atoms with E-state index in [0.29, 0.717) is 25.6 Å². The van der Waals surface area contributed by atoms with Crippen molar-refractivity contribution >= 4 is 10.0 Å². The Kier molecular flexibility index (Phi) is 4.83. The highest BCUT2D eigenvalue weighted by Crippen LogP contribution is 2.45. The van der Waals surface area contributed by atoms with Crippen LogP contribution in [0.2, 0.25) is 0 Å². The standard InChI is InChI=1S/C16H26N2O4S/c1-21-12-15-10-18(23(2,19)20)13-16(15)4-6-17(7-5-16)9-14-3-8-22-11-14/h3,8,11,15H,4-7,9-10,12-13H2,1-2H3/t15-/m1/s1. The number of ether oxygens (including phenoxy) is 1. The summed E-state index contributed by atoms with van der Waals surface area (Å²) in [6.07, 6.45) is 6.84. The molecule has 6 nitrogen and oxygen atoms in total. The summed E-state index contributed by atoms with van der Waals surface area (Å²) in [5, 5.41) is 0. The molecule has 3 heterocycles. The summed E-state index contributed by atoms with van der Waals surface area (Å²) in [7, 11) is -1.43. The minimum atomic E-state index is -3.13. The lowest BCUT2D eigenvalue weighted by Crippen LogP contribution is -2.45. The van der Waals surface area contributed by atoms with Crippen LogP contribution in [0.15, 0.2) is 23.0 Å². The van der Waals surface area contributed by atoms with Gasteiger partial charge in [-0.15, -0.1) is 0 Å². The molecule has 3 rings (SSSR count). The summed E-state index contributed by atoms with van der Waals surface area (Å²) >= 11 is 0. The molecular weight excluding hydrogens is 316 g/mol. The first-order valence-electron chi connectivity index (χ1n) is 8.10. The van der Waals surface area contributed by atoms with Gasteiger partial charge in [-0.2, -0.15) is 0 Å². The van der Waals surface area contributed by atoms with Crippen molar-refractivity contribution in [3.63, 3.8) is 0 Å². The van der Waals surface area contributed by atoms with Crippen molar-refractivity contribution in [3.8, 4) is 0 Å². The zero-order valence-corrected chi connectivity index (χ0v) is 14.7. The van der Waals surface area contributed by atoms with E-state index in [9.17, 15) is 8.42 Å². The van der Waals surface area contributed by atoms with Gasteiger partial charge in [0.2, 0.25) is 10.0 Å². The van der Waals surface area contributed by atoms with E-state index in [1.807, 2.05) is 6.07 Å². The van der Waals surface area contributed by atoms with Crippen LogP contribution in [0.1, 0.15) is 18.4 Å². The first-order valence-corrected chi connectivity index (χ1v) is 9.95. The molecule has 0 aliphatic carbocycles. The smallest absolute Gasteiger partial charge is 0.211 e.